The van der Waals surface area contributed by atoms with E-state index in [9.17, 15) is 9.18 Å². The molecule has 4 N–H and O–H groups in total. The number of rotatable bonds is 5. The second-order valence-corrected chi connectivity index (χ2v) is 4.69. The lowest BCUT2D eigenvalue weighted by atomic mass is 10.1. The van der Waals surface area contributed by atoms with Gasteiger partial charge in [0.05, 0.1) is 11.4 Å². The van der Waals surface area contributed by atoms with Crippen LogP contribution in [-0.4, -0.2) is 19.5 Å². The van der Waals surface area contributed by atoms with Gasteiger partial charge in [-0.15, -0.1) is 0 Å². The van der Waals surface area contributed by atoms with Crippen LogP contribution in [0.2, 0.25) is 0 Å². The SMILES string of the molecule is CNC(=O)c1ccc(N)c(NCCc2cccc(F)c2)c1. The molecule has 2 aromatic rings. The van der Waals surface area contributed by atoms with Crippen molar-refractivity contribution in [2.45, 2.75) is 6.42 Å². The van der Waals surface area contributed by atoms with E-state index in [0.717, 1.165) is 5.56 Å². The fourth-order valence-corrected chi connectivity index (χ4v) is 2.03. The van der Waals surface area contributed by atoms with Gasteiger partial charge in [0.15, 0.2) is 0 Å². The lowest BCUT2D eigenvalue weighted by Crippen LogP contribution is -2.18. The minimum absolute atomic E-state index is 0.164. The third-order valence-electron chi connectivity index (χ3n) is 3.16. The van der Waals surface area contributed by atoms with Gasteiger partial charge < -0.3 is 16.4 Å². The van der Waals surface area contributed by atoms with E-state index in [-0.39, 0.29) is 11.7 Å². The Morgan fingerprint density at radius 3 is 2.76 bits per heavy atom. The number of nitrogen functional groups attached to an aromatic ring is 1. The summed E-state index contributed by atoms with van der Waals surface area (Å²) in [7, 11) is 1.58. The fourth-order valence-electron chi connectivity index (χ4n) is 2.03. The minimum atomic E-state index is -0.242. The van der Waals surface area contributed by atoms with Crippen LogP contribution in [0.5, 0.6) is 0 Å². The second kappa shape index (κ2) is 6.74. The predicted octanol–water partition coefficient (Wildman–Crippen LogP) is 2.42. The molecule has 0 saturated heterocycles. The van der Waals surface area contributed by atoms with Gasteiger partial charge in [-0.3, -0.25) is 4.79 Å². The molecular formula is C16H18FN3O. The van der Waals surface area contributed by atoms with E-state index < -0.39 is 0 Å². The fraction of sp³-hybridized carbons (Fsp3) is 0.188. The highest BCUT2D eigenvalue weighted by Crippen LogP contribution is 2.20. The number of carbonyl (C=O) groups excluding carboxylic acids is 1. The van der Waals surface area contributed by atoms with Gasteiger partial charge in [-0.25, -0.2) is 4.39 Å². The number of carbonyl (C=O) groups is 1. The van der Waals surface area contributed by atoms with Crippen molar-refractivity contribution in [3.8, 4) is 0 Å². The van der Waals surface area contributed by atoms with Crippen LogP contribution < -0.4 is 16.4 Å². The smallest absolute Gasteiger partial charge is 0.251 e. The minimum Gasteiger partial charge on any atom is -0.397 e. The van der Waals surface area contributed by atoms with Gasteiger partial charge in [0.2, 0.25) is 0 Å². The van der Waals surface area contributed by atoms with E-state index >= 15 is 0 Å². The van der Waals surface area contributed by atoms with Crippen molar-refractivity contribution in [3.05, 3.63) is 59.4 Å². The quantitative estimate of drug-likeness (QED) is 0.740. The van der Waals surface area contributed by atoms with Gasteiger partial charge in [0, 0.05) is 19.2 Å². The van der Waals surface area contributed by atoms with Crippen LogP contribution in [0.4, 0.5) is 15.8 Å². The van der Waals surface area contributed by atoms with E-state index in [1.165, 1.54) is 12.1 Å². The van der Waals surface area contributed by atoms with Gasteiger partial charge in [-0.05, 0) is 42.3 Å². The van der Waals surface area contributed by atoms with Gasteiger partial charge in [0.25, 0.3) is 5.91 Å². The van der Waals surface area contributed by atoms with Crippen LogP contribution in [-0.2, 0) is 6.42 Å². The standard InChI is InChI=1S/C16H18FN3O/c1-19-16(21)12-5-6-14(18)15(10-12)20-8-7-11-3-2-4-13(17)9-11/h2-6,9-10,20H,7-8,18H2,1H3,(H,19,21). The summed E-state index contributed by atoms with van der Waals surface area (Å²) in [6.45, 7) is 0.602. The molecule has 0 spiro atoms. The molecule has 0 bridgehead atoms. The normalized spacial score (nSPS) is 10.2. The Morgan fingerprint density at radius 1 is 1.24 bits per heavy atom. The summed E-state index contributed by atoms with van der Waals surface area (Å²) >= 11 is 0. The maximum atomic E-state index is 13.1. The van der Waals surface area contributed by atoms with E-state index in [1.807, 2.05) is 6.07 Å². The zero-order valence-electron chi connectivity index (χ0n) is 11.8. The number of hydrogen-bond acceptors (Lipinski definition) is 3. The molecule has 110 valence electrons. The predicted molar refractivity (Wildman–Crippen MR) is 82.8 cm³/mol. The Labute approximate surface area is 123 Å². The average Bonchev–Trinajstić information content (AvgIpc) is 2.48. The van der Waals surface area contributed by atoms with E-state index in [0.29, 0.717) is 29.9 Å². The van der Waals surface area contributed by atoms with E-state index in [1.54, 1.807) is 31.3 Å². The molecule has 0 aliphatic rings. The second-order valence-electron chi connectivity index (χ2n) is 4.69. The summed E-state index contributed by atoms with van der Waals surface area (Å²) in [5.74, 6) is -0.406. The van der Waals surface area contributed by atoms with Gasteiger partial charge in [-0.1, -0.05) is 12.1 Å². The van der Waals surface area contributed by atoms with Crippen LogP contribution in [0, 0.1) is 5.82 Å². The summed E-state index contributed by atoms with van der Waals surface area (Å²) in [6.07, 6.45) is 0.668. The molecule has 1 amide bonds. The topological polar surface area (TPSA) is 67.2 Å². The Hall–Kier alpha value is -2.56. The van der Waals surface area contributed by atoms with Crippen molar-refractivity contribution < 1.29 is 9.18 Å². The lowest BCUT2D eigenvalue weighted by molar-refractivity contribution is 0.0963. The monoisotopic (exact) mass is 287 g/mol. The maximum Gasteiger partial charge on any atom is 0.251 e. The highest BCUT2D eigenvalue weighted by atomic mass is 19.1. The van der Waals surface area contributed by atoms with Crippen LogP contribution in [0.25, 0.3) is 0 Å². The first-order valence-corrected chi connectivity index (χ1v) is 6.70. The molecular weight excluding hydrogens is 269 g/mol. The molecule has 0 unspecified atom stereocenters. The molecule has 2 aromatic carbocycles. The van der Waals surface area contributed by atoms with Gasteiger partial charge in [0.1, 0.15) is 5.82 Å². The van der Waals surface area contributed by atoms with Crippen molar-refractivity contribution in [1.82, 2.24) is 5.32 Å². The van der Waals surface area contributed by atoms with Gasteiger partial charge in [-0.2, -0.15) is 0 Å². The van der Waals surface area contributed by atoms with Gasteiger partial charge >= 0.3 is 0 Å². The largest absolute Gasteiger partial charge is 0.397 e. The zero-order chi connectivity index (χ0) is 15.2. The van der Waals surface area contributed by atoms with E-state index in [4.69, 9.17) is 5.73 Å². The highest BCUT2D eigenvalue weighted by Gasteiger charge is 2.06. The van der Waals surface area contributed by atoms with Crippen LogP contribution >= 0.6 is 0 Å². The molecule has 0 radical (unpaired) electrons. The Kier molecular flexibility index (Phi) is 4.77. The van der Waals surface area contributed by atoms with Crippen molar-refractivity contribution in [2.24, 2.45) is 0 Å². The summed E-state index contributed by atoms with van der Waals surface area (Å²) in [5.41, 5.74) is 8.60. The van der Waals surface area contributed by atoms with E-state index in [2.05, 4.69) is 10.6 Å². The first-order chi connectivity index (χ1) is 10.1. The molecule has 21 heavy (non-hydrogen) atoms. The highest BCUT2D eigenvalue weighted by molar-refractivity contribution is 5.96. The number of benzene rings is 2. The van der Waals surface area contributed by atoms with Crippen LogP contribution in [0.3, 0.4) is 0 Å². The molecule has 0 heterocycles. The summed E-state index contributed by atoms with van der Waals surface area (Å²) in [4.78, 5) is 11.6. The third kappa shape index (κ3) is 3.95. The Morgan fingerprint density at radius 2 is 2.05 bits per heavy atom. The lowest BCUT2D eigenvalue weighted by Gasteiger charge is -2.11. The van der Waals surface area contributed by atoms with Crippen molar-refractivity contribution in [2.75, 3.05) is 24.6 Å². The number of nitrogens with two attached hydrogens (primary N) is 1. The first kappa shape index (κ1) is 14.8. The number of halogens is 1. The Balaban J connectivity index is 2.01. The van der Waals surface area contributed by atoms with Crippen LogP contribution in [0.15, 0.2) is 42.5 Å². The molecule has 0 aliphatic carbocycles. The Bertz CT molecular complexity index is 643. The van der Waals surface area contributed by atoms with Crippen molar-refractivity contribution >= 4 is 17.3 Å². The molecule has 0 saturated carbocycles. The number of anilines is 2. The molecule has 0 aromatic heterocycles. The number of amides is 1. The average molecular weight is 287 g/mol. The zero-order valence-corrected chi connectivity index (χ0v) is 11.8. The number of hydrogen-bond donors (Lipinski definition) is 3. The molecule has 0 atom stereocenters. The summed E-state index contributed by atoms with van der Waals surface area (Å²) in [5, 5.41) is 5.74. The molecule has 4 nitrogen and oxygen atoms in total. The molecule has 0 fully saturated rings. The third-order valence-corrected chi connectivity index (χ3v) is 3.16. The van der Waals surface area contributed by atoms with Crippen LogP contribution in [0.1, 0.15) is 15.9 Å². The molecule has 0 aliphatic heterocycles. The summed E-state index contributed by atoms with van der Waals surface area (Å²) in [6, 6.07) is 11.6. The van der Waals surface area contributed by atoms with Crippen molar-refractivity contribution in [3.63, 3.8) is 0 Å². The van der Waals surface area contributed by atoms with Crippen molar-refractivity contribution in [1.29, 1.82) is 0 Å². The number of nitrogens with one attached hydrogen (secondary N) is 2. The first-order valence-electron chi connectivity index (χ1n) is 6.70. The molecule has 2 rings (SSSR count). The maximum absolute atomic E-state index is 13.1. The summed E-state index contributed by atoms with van der Waals surface area (Å²) < 4.78 is 13.1. The molecule has 5 heteroatoms.